The average Bonchev–Trinajstić information content (AvgIpc) is 2.77. The minimum Gasteiger partial charge on any atom is -0.470 e. The molecule has 9 heteroatoms. The Bertz CT molecular complexity index is 853. The highest BCUT2D eigenvalue weighted by molar-refractivity contribution is 7.90. The Kier molecular flexibility index (Phi) is 9.04. The Balaban J connectivity index is 1.53. The van der Waals surface area contributed by atoms with Gasteiger partial charge in [-0.15, -0.1) is 0 Å². The molecule has 0 bridgehead atoms. The van der Waals surface area contributed by atoms with Gasteiger partial charge >= 0.3 is 0 Å². The van der Waals surface area contributed by atoms with Crippen molar-refractivity contribution in [2.24, 2.45) is 0 Å². The van der Waals surface area contributed by atoms with E-state index < -0.39 is 15.3 Å². The third kappa shape index (κ3) is 6.73. The van der Waals surface area contributed by atoms with E-state index in [1.807, 2.05) is 6.92 Å². The number of hydrogen-bond donors (Lipinski definition) is 2. The molecule has 1 aliphatic carbocycles. The van der Waals surface area contributed by atoms with Crippen LogP contribution >= 0.6 is 0 Å². The molecule has 1 saturated carbocycles. The van der Waals surface area contributed by atoms with E-state index in [4.69, 9.17) is 9.47 Å². The zero-order valence-corrected chi connectivity index (χ0v) is 20.2. The lowest BCUT2D eigenvalue weighted by atomic mass is 9.82. The second-order valence-electron chi connectivity index (χ2n) is 9.21. The van der Waals surface area contributed by atoms with Crippen LogP contribution in [0.1, 0.15) is 69.4 Å². The molecule has 2 heterocycles. The van der Waals surface area contributed by atoms with Crippen molar-refractivity contribution < 1.29 is 22.7 Å². The molecule has 0 amide bonds. The van der Waals surface area contributed by atoms with Gasteiger partial charge < -0.3 is 14.8 Å². The van der Waals surface area contributed by atoms with E-state index in [-0.39, 0.29) is 24.8 Å². The lowest BCUT2D eigenvalue weighted by Crippen LogP contribution is -2.56. The fourth-order valence-corrected chi connectivity index (χ4v) is 5.48. The van der Waals surface area contributed by atoms with Crippen LogP contribution in [0.15, 0.2) is 12.3 Å². The van der Waals surface area contributed by atoms with Crippen molar-refractivity contribution in [3.8, 4) is 5.88 Å². The molecule has 2 N–H and O–H groups in total. The number of aldehydes is 1. The van der Waals surface area contributed by atoms with E-state index in [2.05, 4.69) is 21.1 Å². The Morgan fingerprint density at radius 1 is 1.25 bits per heavy atom. The van der Waals surface area contributed by atoms with Crippen molar-refractivity contribution in [2.75, 3.05) is 19.8 Å². The van der Waals surface area contributed by atoms with Crippen molar-refractivity contribution >= 4 is 16.3 Å². The summed E-state index contributed by atoms with van der Waals surface area (Å²) in [5.74, 6) is 0.890. The minimum absolute atomic E-state index is 0.0115. The molecule has 2 atom stereocenters. The van der Waals surface area contributed by atoms with Gasteiger partial charge in [0.25, 0.3) is 0 Å². The highest BCUT2D eigenvalue weighted by atomic mass is 32.2. The Hall–Kier alpha value is -1.55. The predicted molar refractivity (Wildman–Crippen MR) is 123 cm³/mol. The number of hydrogen-bond acceptors (Lipinski definition) is 7. The molecule has 0 aromatic carbocycles. The number of ether oxygens (including phenoxy) is 2. The van der Waals surface area contributed by atoms with E-state index in [0.717, 1.165) is 62.5 Å². The minimum atomic E-state index is -3.31. The lowest BCUT2D eigenvalue weighted by Gasteiger charge is -2.35. The number of pyridine rings is 1. The van der Waals surface area contributed by atoms with Crippen LogP contribution in [-0.2, 0) is 19.6 Å². The van der Waals surface area contributed by atoms with Crippen LogP contribution in [0.3, 0.4) is 0 Å². The first-order valence-corrected chi connectivity index (χ1v) is 13.2. The van der Waals surface area contributed by atoms with Crippen LogP contribution in [0.5, 0.6) is 5.88 Å². The number of carbonyl (C=O) groups excluding carboxylic acids is 1. The first kappa shape index (κ1) is 25.1. The smallest absolute Gasteiger partial charge is 0.217 e. The standard InChI is InChI=1S/C23H37N3O5S/c1-16(2)32(28,29)26-21-5-4-10-24-22(21)15-31-19-8-6-18(7-9-19)20-13-17(3)14-25-23(20)30-12-11-27/h11,13-14,16,18-19,21-22,24,26H,4-10,12,15H2,1-3H3/t18-,19+,21-,22-/m0/s1. The maximum Gasteiger partial charge on any atom is 0.217 e. The molecule has 32 heavy (non-hydrogen) atoms. The fraction of sp³-hybridized carbons (Fsp3) is 0.739. The number of rotatable bonds is 10. The molecule has 0 radical (unpaired) electrons. The molecular weight excluding hydrogens is 430 g/mol. The number of sulfonamides is 1. The largest absolute Gasteiger partial charge is 0.470 e. The van der Waals surface area contributed by atoms with E-state index in [1.165, 1.54) is 0 Å². The van der Waals surface area contributed by atoms with E-state index in [1.54, 1.807) is 20.0 Å². The first-order chi connectivity index (χ1) is 15.3. The SMILES string of the molecule is Cc1cnc(OCC=O)c([C@H]2CC[C@@H](OC[C@@H]3NCCC[C@@H]3NS(=O)(=O)C(C)C)CC2)c1. The molecule has 1 aliphatic heterocycles. The van der Waals surface area contributed by atoms with Gasteiger partial charge in [-0.25, -0.2) is 18.1 Å². The maximum atomic E-state index is 12.3. The van der Waals surface area contributed by atoms with E-state index in [0.29, 0.717) is 18.4 Å². The average molecular weight is 468 g/mol. The highest BCUT2D eigenvalue weighted by Crippen LogP contribution is 2.38. The van der Waals surface area contributed by atoms with Crippen molar-refractivity contribution in [1.29, 1.82) is 0 Å². The molecule has 1 aromatic heterocycles. The second kappa shape index (κ2) is 11.5. The van der Waals surface area contributed by atoms with Crippen LogP contribution in [0.2, 0.25) is 0 Å². The summed E-state index contributed by atoms with van der Waals surface area (Å²) in [6, 6.07) is 1.96. The van der Waals surface area contributed by atoms with Gasteiger partial charge in [-0.2, -0.15) is 0 Å². The van der Waals surface area contributed by atoms with E-state index >= 15 is 0 Å². The van der Waals surface area contributed by atoms with Crippen LogP contribution in [-0.4, -0.2) is 62.9 Å². The molecule has 2 fully saturated rings. The molecule has 1 saturated heterocycles. The number of aryl methyl sites for hydroxylation is 1. The number of nitrogens with zero attached hydrogens (tertiary/aromatic N) is 1. The zero-order chi connectivity index (χ0) is 23.1. The van der Waals surface area contributed by atoms with Gasteiger partial charge in [-0.1, -0.05) is 0 Å². The molecule has 0 unspecified atom stereocenters. The van der Waals surface area contributed by atoms with Crippen LogP contribution in [0.25, 0.3) is 0 Å². The normalized spacial score (nSPS) is 26.8. The van der Waals surface area contributed by atoms with Gasteiger partial charge in [0, 0.05) is 23.8 Å². The summed E-state index contributed by atoms with van der Waals surface area (Å²) in [6.45, 7) is 6.79. The molecule has 0 spiro atoms. The monoisotopic (exact) mass is 467 g/mol. The quantitative estimate of drug-likeness (QED) is 0.509. The lowest BCUT2D eigenvalue weighted by molar-refractivity contribution is -0.109. The van der Waals surface area contributed by atoms with Gasteiger partial charge in [0.15, 0.2) is 6.29 Å². The summed E-state index contributed by atoms with van der Waals surface area (Å²) < 4.78 is 39.3. The summed E-state index contributed by atoms with van der Waals surface area (Å²) in [5, 5.41) is 2.99. The summed E-state index contributed by atoms with van der Waals surface area (Å²) in [5.41, 5.74) is 2.15. The van der Waals surface area contributed by atoms with Crippen molar-refractivity contribution in [2.45, 2.75) is 88.7 Å². The third-order valence-electron chi connectivity index (χ3n) is 6.45. The van der Waals surface area contributed by atoms with Gasteiger partial charge in [-0.05, 0) is 83.4 Å². The van der Waals surface area contributed by atoms with Crippen LogP contribution in [0.4, 0.5) is 0 Å². The van der Waals surface area contributed by atoms with Crippen molar-refractivity contribution in [3.63, 3.8) is 0 Å². The molecule has 3 rings (SSSR count). The van der Waals surface area contributed by atoms with Crippen molar-refractivity contribution in [1.82, 2.24) is 15.0 Å². The predicted octanol–water partition coefficient (Wildman–Crippen LogP) is 2.46. The summed E-state index contributed by atoms with van der Waals surface area (Å²) >= 11 is 0. The third-order valence-corrected chi connectivity index (χ3v) is 8.32. The Morgan fingerprint density at radius 2 is 2.00 bits per heavy atom. The number of aromatic nitrogens is 1. The number of carbonyl (C=O) groups is 1. The number of nitrogens with one attached hydrogen (secondary N) is 2. The summed E-state index contributed by atoms with van der Waals surface area (Å²) in [4.78, 5) is 15.1. The van der Waals surface area contributed by atoms with Gasteiger partial charge in [0.05, 0.1) is 18.0 Å². The highest BCUT2D eigenvalue weighted by Gasteiger charge is 2.32. The van der Waals surface area contributed by atoms with Gasteiger partial charge in [0.1, 0.15) is 6.61 Å². The van der Waals surface area contributed by atoms with E-state index in [9.17, 15) is 13.2 Å². The topological polar surface area (TPSA) is 107 Å². The molecular formula is C23H37N3O5S. The summed E-state index contributed by atoms with van der Waals surface area (Å²) in [7, 11) is -3.31. The maximum absolute atomic E-state index is 12.3. The Morgan fingerprint density at radius 3 is 2.69 bits per heavy atom. The van der Waals surface area contributed by atoms with Gasteiger partial charge in [-0.3, -0.25) is 4.79 Å². The van der Waals surface area contributed by atoms with Crippen LogP contribution in [0, 0.1) is 6.92 Å². The molecule has 1 aromatic rings. The molecule has 180 valence electrons. The fourth-order valence-electron chi connectivity index (χ4n) is 4.50. The summed E-state index contributed by atoms with van der Waals surface area (Å²) in [6.07, 6.45) is 8.24. The zero-order valence-electron chi connectivity index (χ0n) is 19.4. The van der Waals surface area contributed by atoms with Gasteiger partial charge in [0.2, 0.25) is 15.9 Å². The molecule has 2 aliphatic rings. The second-order valence-corrected chi connectivity index (χ2v) is 11.5. The first-order valence-electron chi connectivity index (χ1n) is 11.7. The Labute approximate surface area is 191 Å². The van der Waals surface area contributed by atoms with Crippen molar-refractivity contribution in [3.05, 3.63) is 23.4 Å². The van der Waals surface area contributed by atoms with Crippen LogP contribution < -0.4 is 14.8 Å². The number of piperidine rings is 1. The molecule has 8 nitrogen and oxygen atoms in total.